The van der Waals surface area contributed by atoms with E-state index >= 15 is 0 Å². The Labute approximate surface area is 138 Å². The second-order valence-electron chi connectivity index (χ2n) is 4.29. The van der Waals surface area contributed by atoms with Gasteiger partial charge >= 0.3 is 0 Å². The van der Waals surface area contributed by atoms with Crippen LogP contribution in [0.5, 0.6) is 5.75 Å². The van der Waals surface area contributed by atoms with Gasteiger partial charge in [0.1, 0.15) is 5.75 Å². The van der Waals surface area contributed by atoms with Gasteiger partial charge in [0.15, 0.2) is 0 Å². The lowest BCUT2D eigenvalue weighted by atomic mass is 10.2. The van der Waals surface area contributed by atoms with Gasteiger partial charge in [-0.15, -0.1) is 0 Å². The van der Waals surface area contributed by atoms with E-state index in [1.807, 2.05) is 6.92 Å². The number of ether oxygens (including phenoxy) is 1. The van der Waals surface area contributed by atoms with Gasteiger partial charge in [0, 0.05) is 11.1 Å². The molecule has 0 saturated carbocycles. The van der Waals surface area contributed by atoms with Gasteiger partial charge in [-0.3, -0.25) is 4.79 Å². The summed E-state index contributed by atoms with van der Waals surface area (Å²) in [5.74, 6) is 0.382. The van der Waals surface area contributed by atoms with Gasteiger partial charge in [0.05, 0.1) is 22.9 Å². The molecule has 4 nitrogen and oxygen atoms in total. The first-order valence-corrected chi connectivity index (χ1v) is 7.37. The Morgan fingerprint density at radius 3 is 2.41 bits per heavy atom. The van der Waals surface area contributed by atoms with Gasteiger partial charge in [-0.25, -0.2) is 5.43 Å². The first-order chi connectivity index (χ1) is 10.6. The Morgan fingerprint density at radius 1 is 1.18 bits per heavy atom. The van der Waals surface area contributed by atoms with E-state index in [1.54, 1.807) is 42.5 Å². The molecule has 6 heteroatoms. The van der Waals surface area contributed by atoms with Crippen molar-refractivity contribution in [2.75, 3.05) is 6.61 Å². The molecule has 114 valence electrons. The molecule has 0 fully saturated rings. The van der Waals surface area contributed by atoms with Crippen LogP contribution in [0.15, 0.2) is 47.6 Å². The van der Waals surface area contributed by atoms with E-state index in [4.69, 9.17) is 27.9 Å². The molecule has 1 amide bonds. The van der Waals surface area contributed by atoms with Crippen molar-refractivity contribution in [3.8, 4) is 5.75 Å². The van der Waals surface area contributed by atoms with Crippen molar-refractivity contribution in [1.29, 1.82) is 0 Å². The number of hydrazone groups is 1. The molecule has 0 aliphatic heterocycles. The average Bonchev–Trinajstić information content (AvgIpc) is 2.51. The second-order valence-corrected chi connectivity index (χ2v) is 5.11. The molecule has 0 unspecified atom stereocenters. The zero-order valence-electron chi connectivity index (χ0n) is 11.8. The van der Waals surface area contributed by atoms with Crippen molar-refractivity contribution >= 4 is 35.3 Å². The standard InChI is InChI=1S/C16H14Cl2N2O2/c1-2-22-12-8-6-11(7-9-12)16(21)20-19-10-13-14(17)4-3-5-15(13)18/h3-10H,2H2,1H3,(H,20,21)/b19-10-. The topological polar surface area (TPSA) is 50.7 Å². The highest BCUT2D eigenvalue weighted by molar-refractivity contribution is 6.38. The van der Waals surface area contributed by atoms with Crippen LogP contribution in [0, 0.1) is 0 Å². The van der Waals surface area contributed by atoms with Crippen molar-refractivity contribution in [2.45, 2.75) is 6.92 Å². The fourth-order valence-corrected chi connectivity index (χ4v) is 2.22. The quantitative estimate of drug-likeness (QED) is 0.658. The number of hydrogen-bond donors (Lipinski definition) is 1. The van der Waals surface area contributed by atoms with Crippen LogP contribution in [0.2, 0.25) is 10.0 Å². The molecule has 0 heterocycles. The van der Waals surface area contributed by atoms with Crippen LogP contribution in [0.4, 0.5) is 0 Å². The number of carbonyl (C=O) groups excluding carboxylic acids is 1. The molecule has 0 saturated heterocycles. The number of halogens is 2. The van der Waals surface area contributed by atoms with Crippen LogP contribution >= 0.6 is 23.2 Å². The van der Waals surface area contributed by atoms with E-state index in [2.05, 4.69) is 10.5 Å². The van der Waals surface area contributed by atoms with E-state index in [0.717, 1.165) is 0 Å². The lowest BCUT2D eigenvalue weighted by Crippen LogP contribution is -2.17. The van der Waals surface area contributed by atoms with E-state index in [-0.39, 0.29) is 5.91 Å². The van der Waals surface area contributed by atoms with Crippen molar-refractivity contribution in [2.24, 2.45) is 5.10 Å². The lowest BCUT2D eigenvalue weighted by molar-refractivity contribution is 0.0955. The molecule has 0 spiro atoms. The normalized spacial score (nSPS) is 10.7. The van der Waals surface area contributed by atoms with Gasteiger partial charge in [0.25, 0.3) is 5.91 Å². The van der Waals surface area contributed by atoms with Crippen molar-refractivity contribution in [3.63, 3.8) is 0 Å². The Balaban J connectivity index is 2.01. The first kappa shape index (κ1) is 16.3. The lowest BCUT2D eigenvalue weighted by Gasteiger charge is -2.04. The summed E-state index contributed by atoms with van der Waals surface area (Å²) in [5.41, 5.74) is 3.46. The molecule has 1 N–H and O–H groups in total. The maximum absolute atomic E-state index is 11.9. The van der Waals surface area contributed by atoms with E-state index in [1.165, 1.54) is 6.21 Å². The first-order valence-electron chi connectivity index (χ1n) is 6.62. The van der Waals surface area contributed by atoms with E-state index in [9.17, 15) is 4.79 Å². The number of hydrogen-bond acceptors (Lipinski definition) is 3. The number of amides is 1. The third-order valence-electron chi connectivity index (χ3n) is 2.79. The molecule has 2 aromatic carbocycles. The number of nitrogens with zero attached hydrogens (tertiary/aromatic N) is 1. The van der Waals surface area contributed by atoms with E-state index < -0.39 is 0 Å². The molecule has 0 atom stereocenters. The highest BCUT2D eigenvalue weighted by Crippen LogP contribution is 2.22. The second kappa shape index (κ2) is 7.82. The minimum Gasteiger partial charge on any atom is -0.494 e. The summed E-state index contributed by atoms with van der Waals surface area (Å²) < 4.78 is 5.32. The Morgan fingerprint density at radius 2 is 1.82 bits per heavy atom. The maximum Gasteiger partial charge on any atom is 0.271 e. The summed E-state index contributed by atoms with van der Waals surface area (Å²) in [7, 11) is 0. The summed E-state index contributed by atoms with van der Waals surface area (Å²) in [6.07, 6.45) is 1.41. The largest absolute Gasteiger partial charge is 0.494 e. The highest BCUT2D eigenvalue weighted by atomic mass is 35.5. The van der Waals surface area contributed by atoms with Crippen LogP contribution in [-0.2, 0) is 0 Å². The predicted molar refractivity (Wildman–Crippen MR) is 89.1 cm³/mol. The van der Waals surface area contributed by atoms with Gasteiger partial charge in [-0.1, -0.05) is 29.3 Å². The Kier molecular flexibility index (Phi) is 5.81. The summed E-state index contributed by atoms with van der Waals surface area (Å²) in [6, 6.07) is 11.9. The van der Waals surface area contributed by atoms with Crippen LogP contribution in [0.25, 0.3) is 0 Å². The Bertz CT molecular complexity index is 665. The Hall–Kier alpha value is -2.04. The maximum atomic E-state index is 11.9. The molecule has 2 rings (SSSR count). The van der Waals surface area contributed by atoms with Crippen LogP contribution < -0.4 is 10.2 Å². The zero-order valence-corrected chi connectivity index (χ0v) is 13.4. The fraction of sp³-hybridized carbons (Fsp3) is 0.125. The molecular formula is C16H14Cl2N2O2. The molecule has 22 heavy (non-hydrogen) atoms. The van der Waals surface area contributed by atoms with Crippen molar-refractivity contribution in [3.05, 3.63) is 63.6 Å². The van der Waals surface area contributed by atoms with Crippen molar-refractivity contribution in [1.82, 2.24) is 5.43 Å². The molecular weight excluding hydrogens is 323 g/mol. The van der Waals surface area contributed by atoms with Crippen LogP contribution in [0.3, 0.4) is 0 Å². The molecule has 0 aromatic heterocycles. The summed E-state index contributed by atoms with van der Waals surface area (Å²) in [6.45, 7) is 2.48. The monoisotopic (exact) mass is 336 g/mol. The molecule has 2 aromatic rings. The SMILES string of the molecule is CCOc1ccc(C(=O)N/N=C\c2c(Cl)cccc2Cl)cc1. The summed E-state index contributed by atoms with van der Waals surface area (Å²) >= 11 is 12.0. The number of nitrogens with one attached hydrogen (secondary N) is 1. The minimum atomic E-state index is -0.331. The molecule has 0 bridgehead atoms. The third-order valence-corrected chi connectivity index (χ3v) is 3.45. The number of benzene rings is 2. The molecule has 0 aliphatic carbocycles. The van der Waals surface area contributed by atoms with Crippen LogP contribution in [-0.4, -0.2) is 18.7 Å². The summed E-state index contributed by atoms with van der Waals surface area (Å²) in [5, 5.41) is 4.80. The molecule has 0 radical (unpaired) electrons. The molecule has 0 aliphatic rings. The van der Waals surface area contributed by atoms with E-state index in [0.29, 0.717) is 33.5 Å². The average molecular weight is 337 g/mol. The zero-order chi connectivity index (χ0) is 15.9. The number of rotatable bonds is 5. The third kappa shape index (κ3) is 4.23. The van der Waals surface area contributed by atoms with Gasteiger partial charge in [0.2, 0.25) is 0 Å². The predicted octanol–water partition coefficient (Wildman–Crippen LogP) is 4.16. The van der Waals surface area contributed by atoms with Gasteiger partial charge < -0.3 is 4.74 Å². The smallest absolute Gasteiger partial charge is 0.271 e. The highest BCUT2D eigenvalue weighted by Gasteiger charge is 2.05. The van der Waals surface area contributed by atoms with Crippen molar-refractivity contribution < 1.29 is 9.53 Å². The summed E-state index contributed by atoms with van der Waals surface area (Å²) in [4.78, 5) is 11.9. The van der Waals surface area contributed by atoms with Gasteiger partial charge in [-0.05, 0) is 43.3 Å². The minimum absolute atomic E-state index is 0.331. The van der Waals surface area contributed by atoms with Gasteiger partial charge in [-0.2, -0.15) is 5.10 Å². The number of carbonyl (C=O) groups is 1. The fourth-order valence-electron chi connectivity index (χ4n) is 1.72. The van der Waals surface area contributed by atoms with Crippen LogP contribution in [0.1, 0.15) is 22.8 Å².